The predicted molar refractivity (Wildman–Crippen MR) is 62.1 cm³/mol. The van der Waals surface area contributed by atoms with E-state index in [2.05, 4.69) is 26.2 Å². The van der Waals surface area contributed by atoms with Gasteiger partial charge in [-0.2, -0.15) is 0 Å². The molecular weight excluding hydrogens is 276 g/mol. The molecule has 16 heavy (non-hydrogen) atoms. The Hall–Kier alpha value is -0.790. The van der Waals surface area contributed by atoms with Gasteiger partial charge in [0.05, 0.1) is 6.04 Å². The lowest BCUT2D eigenvalue weighted by Gasteiger charge is -2.09. The summed E-state index contributed by atoms with van der Waals surface area (Å²) in [5, 5.41) is 7.48. The number of nitrogens with zero attached hydrogens (tertiary/aromatic N) is 3. The first-order valence-electron chi connectivity index (χ1n) is 4.91. The Kier molecular flexibility index (Phi) is 5.04. The fraction of sp³-hybridized carbons (Fsp3) is 0.667. The minimum absolute atomic E-state index is 0.157. The minimum atomic E-state index is -0.538. The maximum atomic E-state index is 11.9. The van der Waals surface area contributed by atoms with Crippen LogP contribution < -0.4 is 5.73 Å². The van der Waals surface area contributed by atoms with Crippen molar-refractivity contribution >= 4 is 21.7 Å². The number of carbonyl (C=O) groups excluding carboxylic acids is 1. The summed E-state index contributed by atoms with van der Waals surface area (Å²) in [6, 6.07) is -0.538. The molecule has 0 radical (unpaired) electrons. The minimum Gasteiger partial charge on any atom is -0.385 e. The molecule has 7 heteroatoms. The van der Waals surface area contributed by atoms with Crippen LogP contribution in [0.15, 0.2) is 4.60 Å². The molecule has 1 rings (SSSR count). The molecule has 0 saturated carbocycles. The highest BCUT2D eigenvalue weighted by atomic mass is 79.9. The first-order valence-corrected chi connectivity index (χ1v) is 5.71. The number of aromatic nitrogens is 3. The van der Waals surface area contributed by atoms with Gasteiger partial charge in [-0.3, -0.25) is 4.79 Å². The van der Waals surface area contributed by atoms with Gasteiger partial charge < -0.3 is 10.5 Å². The SMILES string of the molecule is COCCCC(N)C(=O)c1c(Br)nnn1C. The molecule has 90 valence electrons. The molecule has 1 heterocycles. The van der Waals surface area contributed by atoms with Crippen molar-refractivity contribution in [3.8, 4) is 0 Å². The average Bonchev–Trinajstić information content (AvgIpc) is 2.58. The second kappa shape index (κ2) is 6.07. The molecule has 2 N–H and O–H groups in total. The molecule has 1 aromatic rings. The third-order valence-electron chi connectivity index (χ3n) is 2.22. The van der Waals surface area contributed by atoms with Crippen LogP contribution in [-0.2, 0) is 11.8 Å². The van der Waals surface area contributed by atoms with Crippen molar-refractivity contribution < 1.29 is 9.53 Å². The molecule has 0 spiro atoms. The third kappa shape index (κ3) is 3.10. The molecule has 0 aliphatic heterocycles. The van der Waals surface area contributed by atoms with Gasteiger partial charge in [-0.15, -0.1) is 5.10 Å². The number of ether oxygens (including phenoxy) is 1. The molecular formula is C9H15BrN4O2. The molecule has 0 bridgehead atoms. The zero-order chi connectivity index (χ0) is 12.1. The Morgan fingerprint density at radius 3 is 2.88 bits per heavy atom. The van der Waals surface area contributed by atoms with Gasteiger partial charge in [0.15, 0.2) is 10.4 Å². The maximum Gasteiger partial charge on any atom is 0.200 e. The van der Waals surface area contributed by atoms with Crippen LogP contribution in [0.4, 0.5) is 0 Å². The fourth-order valence-electron chi connectivity index (χ4n) is 1.35. The molecule has 6 nitrogen and oxygen atoms in total. The van der Waals surface area contributed by atoms with Crippen LogP contribution in [0.2, 0.25) is 0 Å². The van der Waals surface area contributed by atoms with E-state index in [4.69, 9.17) is 10.5 Å². The normalized spacial score (nSPS) is 12.8. The van der Waals surface area contributed by atoms with E-state index in [0.717, 1.165) is 6.42 Å². The van der Waals surface area contributed by atoms with Crippen molar-refractivity contribution in [1.82, 2.24) is 15.0 Å². The summed E-state index contributed by atoms with van der Waals surface area (Å²) in [6.07, 6.45) is 1.34. The van der Waals surface area contributed by atoms with E-state index in [1.807, 2.05) is 0 Å². The first kappa shape index (κ1) is 13.3. The number of methoxy groups -OCH3 is 1. The van der Waals surface area contributed by atoms with Gasteiger partial charge in [-0.1, -0.05) is 5.21 Å². The third-order valence-corrected chi connectivity index (χ3v) is 2.75. The molecule has 1 unspecified atom stereocenters. The summed E-state index contributed by atoms with van der Waals surface area (Å²) < 4.78 is 6.76. The quantitative estimate of drug-likeness (QED) is 0.610. The van der Waals surface area contributed by atoms with Gasteiger partial charge in [-0.05, 0) is 28.8 Å². The van der Waals surface area contributed by atoms with Gasteiger partial charge in [0.2, 0.25) is 0 Å². The Morgan fingerprint density at radius 1 is 1.69 bits per heavy atom. The summed E-state index contributed by atoms with van der Waals surface area (Å²) in [5.74, 6) is -0.157. The summed E-state index contributed by atoms with van der Waals surface area (Å²) in [6.45, 7) is 0.603. The Bertz CT molecular complexity index is 347. The number of hydrogen-bond acceptors (Lipinski definition) is 5. The smallest absolute Gasteiger partial charge is 0.200 e. The zero-order valence-electron chi connectivity index (χ0n) is 9.31. The number of aryl methyl sites for hydroxylation is 1. The van der Waals surface area contributed by atoms with E-state index >= 15 is 0 Å². The average molecular weight is 291 g/mol. The maximum absolute atomic E-state index is 11.9. The van der Waals surface area contributed by atoms with Crippen molar-refractivity contribution in [2.75, 3.05) is 13.7 Å². The van der Waals surface area contributed by atoms with E-state index in [1.165, 1.54) is 4.68 Å². The van der Waals surface area contributed by atoms with Crippen molar-refractivity contribution in [3.63, 3.8) is 0 Å². The van der Waals surface area contributed by atoms with Gasteiger partial charge in [0.25, 0.3) is 0 Å². The molecule has 0 aliphatic carbocycles. The van der Waals surface area contributed by atoms with Crippen LogP contribution in [0.25, 0.3) is 0 Å². The topological polar surface area (TPSA) is 83.0 Å². The van der Waals surface area contributed by atoms with Gasteiger partial charge in [-0.25, -0.2) is 4.68 Å². The molecule has 0 aromatic carbocycles. The molecule has 0 aliphatic rings. The van der Waals surface area contributed by atoms with E-state index in [9.17, 15) is 4.79 Å². The molecule has 1 aromatic heterocycles. The Morgan fingerprint density at radius 2 is 2.38 bits per heavy atom. The number of Topliss-reactive ketones (excluding diaryl/α,β-unsaturated/α-hetero) is 1. The predicted octanol–water partition coefficient (Wildman–Crippen LogP) is 0.514. The highest BCUT2D eigenvalue weighted by molar-refractivity contribution is 9.10. The standard InChI is InChI=1S/C9H15BrN4O2/c1-14-7(9(10)12-13-14)8(15)6(11)4-3-5-16-2/h6H,3-5,11H2,1-2H3. The largest absolute Gasteiger partial charge is 0.385 e. The Labute approximate surface area is 102 Å². The molecule has 0 amide bonds. The fourth-order valence-corrected chi connectivity index (χ4v) is 1.87. The van der Waals surface area contributed by atoms with Crippen molar-refractivity contribution in [3.05, 3.63) is 10.3 Å². The number of ketones is 1. The highest BCUT2D eigenvalue weighted by Gasteiger charge is 2.22. The number of nitrogens with two attached hydrogens (primary N) is 1. The second-order valence-corrected chi connectivity index (χ2v) is 4.21. The Balaban J connectivity index is 2.63. The van der Waals surface area contributed by atoms with E-state index in [0.29, 0.717) is 23.3 Å². The summed E-state index contributed by atoms with van der Waals surface area (Å²) in [5.41, 5.74) is 6.20. The monoisotopic (exact) mass is 290 g/mol. The van der Waals surface area contributed by atoms with Gasteiger partial charge >= 0.3 is 0 Å². The van der Waals surface area contributed by atoms with Crippen molar-refractivity contribution in [2.24, 2.45) is 12.8 Å². The molecule has 0 saturated heterocycles. The van der Waals surface area contributed by atoms with Crippen LogP contribution in [0, 0.1) is 0 Å². The number of rotatable bonds is 6. The number of carbonyl (C=O) groups is 1. The van der Waals surface area contributed by atoms with E-state index in [-0.39, 0.29) is 5.78 Å². The first-order chi connectivity index (χ1) is 7.57. The van der Waals surface area contributed by atoms with E-state index < -0.39 is 6.04 Å². The lowest BCUT2D eigenvalue weighted by Crippen LogP contribution is -2.32. The number of halogens is 1. The lowest BCUT2D eigenvalue weighted by molar-refractivity contribution is 0.0940. The molecule has 0 fully saturated rings. The van der Waals surface area contributed by atoms with Crippen LogP contribution >= 0.6 is 15.9 Å². The van der Waals surface area contributed by atoms with Crippen molar-refractivity contribution in [1.29, 1.82) is 0 Å². The highest BCUT2D eigenvalue weighted by Crippen LogP contribution is 2.14. The summed E-state index contributed by atoms with van der Waals surface area (Å²) >= 11 is 3.17. The summed E-state index contributed by atoms with van der Waals surface area (Å²) in [4.78, 5) is 11.9. The van der Waals surface area contributed by atoms with Gasteiger partial charge in [0, 0.05) is 20.8 Å². The second-order valence-electron chi connectivity index (χ2n) is 3.46. The van der Waals surface area contributed by atoms with Crippen LogP contribution in [0.5, 0.6) is 0 Å². The zero-order valence-corrected chi connectivity index (χ0v) is 10.9. The van der Waals surface area contributed by atoms with Gasteiger partial charge in [0.1, 0.15) is 5.69 Å². The van der Waals surface area contributed by atoms with E-state index in [1.54, 1.807) is 14.2 Å². The van der Waals surface area contributed by atoms with Crippen LogP contribution in [0.3, 0.4) is 0 Å². The summed E-state index contributed by atoms with van der Waals surface area (Å²) in [7, 11) is 3.28. The van der Waals surface area contributed by atoms with Crippen LogP contribution in [-0.4, -0.2) is 40.5 Å². The number of hydrogen-bond donors (Lipinski definition) is 1. The van der Waals surface area contributed by atoms with Crippen LogP contribution in [0.1, 0.15) is 23.3 Å². The lowest BCUT2D eigenvalue weighted by atomic mass is 10.1. The molecule has 1 atom stereocenters. The van der Waals surface area contributed by atoms with Crippen molar-refractivity contribution in [2.45, 2.75) is 18.9 Å².